The van der Waals surface area contributed by atoms with Crippen molar-refractivity contribution in [3.63, 3.8) is 0 Å². The molecule has 0 fully saturated rings. The highest BCUT2D eigenvalue weighted by atomic mass is 32.2. The number of carboxylic acid groups (broad SMARTS) is 1. The fourth-order valence-electron chi connectivity index (χ4n) is 1.26. The summed E-state index contributed by atoms with van der Waals surface area (Å²) in [6.07, 6.45) is 0. The molecule has 0 bridgehead atoms. The molecule has 5 nitrogen and oxygen atoms in total. The van der Waals surface area contributed by atoms with Crippen LogP contribution in [0, 0.1) is 0 Å². The van der Waals surface area contributed by atoms with Crippen molar-refractivity contribution in [1.82, 2.24) is 9.78 Å². The zero-order valence-corrected chi connectivity index (χ0v) is 10.5. The maximum atomic E-state index is 10.5. The van der Waals surface area contributed by atoms with Crippen molar-refractivity contribution in [3.8, 4) is 0 Å². The average Bonchev–Trinajstić information content (AvgIpc) is 2.59. The summed E-state index contributed by atoms with van der Waals surface area (Å²) >= 11 is 1.28. The van der Waals surface area contributed by atoms with Crippen LogP contribution in [-0.4, -0.2) is 33.7 Å². The van der Waals surface area contributed by atoms with Gasteiger partial charge in [-0.3, -0.25) is 9.48 Å². The third-order valence-electron chi connectivity index (χ3n) is 1.88. The number of aliphatic carboxylic acids is 1. The van der Waals surface area contributed by atoms with Crippen molar-refractivity contribution in [2.45, 2.75) is 31.5 Å². The quantitative estimate of drug-likeness (QED) is 0.773. The van der Waals surface area contributed by atoms with E-state index in [4.69, 9.17) is 9.84 Å². The zero-order valence-electron chi connectivity index (χ0n) is 9.64. The molecular formula is C10H16N2O3S. The van der Waals surface area contributed by atoms with E-state index in [1.165, 1.54) is 11.8 Å². The van der Waals surface area contributed by atoms with Gasteiger partial charge in [0.05, 0.1) is 23.1 Å². The fourth-order valence-corrected chi connectivity index (χ4v) is 2.13. The van der Waals surface area contributed by atoms with Crippen LogP contribution in [0.15, 0.2) is 11.1 Å². The molecule has 0 aliphatic heterocycles. The Kier molecular flexibility index (Phi) is 4.82. The summed E-state index contributed by atoms with van der Waals surface area (Å²) < 4.78 is 6.82. The summed E-state index contributed by atoms with van der Waals surface area (Å²) in [6.45, 7) is 4.46. The Balaban J connectivity index is 2.82. The molecule has 0 radical (unpaired) electrons. The lowest BCUT2D eigenvalue weighted by molar-refractivity contribution is -0.133. The fraction of sp³-hybridized carbons (Fsp3) is 0.600. The van der Waals surface area contributed by atoms with E-state index in [2.05, 4.69) is 5.10 Å². The van der Waals surface area contributed by atoms with E-state index in [1.807, 2.05) is 24.6 Å². The number of ether oxygens (including phenoxy) is 1. The molecule has 16 heavy (non-hydrogen) atoms. The highest BCUT2D eigenvalue weighted by Crippen LogP contribution is 2.22. The molecule has 0 amide bonds. The van der Waals surface area contributed by atoms with Crippen LogP contribution in [0.5, 0.6) is 0 Å². The molecule has 6 heteroatoms. The van der Waals surface area contributed by atoms with Crippen LogP contribution in [-0.2, 0) is 16.1 Å². The number of carbonyl (C=O) groups is 1. The summed E-state index contributed by atoms with van der Waals surface area (Å²) in [6, 6.07) is 2.08. The molecule has 0 saturated carbocycles. The first-order valence-corrected chi connectivity index (χ1v) is 5.95. The molecule has 1 N–H and O–H groups in total. The Bertz CT molecular complexity index is 363. The zero-order chi connectivity index (χ0) is 12.1. The number of rotatable bonds is 6. The van der Waals surface area contributed by atoms with Gasteiger partial charge in [0.1, 0.15) is 0 Å². The summed E-state index contributed by atoms with van der Waals surface area (Å²) in [4.78, 5) is 10.5. The summed E-state index contributed by atoms with van der Waals surface area (Å²) in [7, 11) is 1.61. The second-order valence-electron chi connectivity index (χ2n) is 3.63. The van der Waals surface area contributed by atoms with Crippen LogP contribution < -0.4 is 0 Å². The topological polar surface area (TPSA) is 64.3 Å². The van der Waals surface area contributed by atoms with Gasteiger partial charge in [0.15, 0.2) is 0 Å². The minimum absolute atomic E-state index is 0.0465. The van der Waals surface area contributed by atoms with Gasteiger partial charge < -0.3 is 9.84 Å². The number of aromatic nitrogens is 2. The van der Waals surface area contributed by atoms with Gasteiger partial charge in [-0.15, -0.1) is 0 Å². The second-order valence-corrected chi connectivity index (χ2v) is 4.62. The molecule has 0 aromatic carbocycles. The molecule has 0 saturated heterocycles. The molecule has 0 aliphatic rings. The summed E-state index contributed by atoms with van der Waals surface area (Å²) in [5.41, 5.74) is 0.823. The van der Waals surface area contributed by atoms with E-state index in [-0.39, 0.29) is 11.8 Å². The van der Waals surface area contributed by atoms with E-state index in [9.17, 15) is 4.79 Å². The lowest BCUT2D eigenvalue weighted by Gasteiger charge is -2.09. The van der Waals surface area contributed by atoms with Crippen molar-refractivity contribution < 1.29 is 14.6 Å². The van der Waals surface area contributed by atoms with Gasteiger partial charge in [-0.05, 0) is 19.9 Å². The molecule has 0 aliphatic carbocycles. The first-order valence-electron chi connectivity index (χ1n) is 4.96. The molecule has 1 heterocycles. The minimum atomic E-state index is -0.824. The van der Waals surface area contributed by atoms with Gasteiger partial charge in [0.25, 0.3) is 0 Å². The highest BCUT2D eigenvalue weighted by Gasteiger charge is 2.12. The molecule has 1 rings (SSSR count). The van der Waals surface area contributed by atoms with Crippen molar-refractivity contribution in [3.05, 3.63) is 11.8 Å². The molecule has 0 spiro atoms. The Morgan fingerprint density at radius 2 is 2.38 bits per heavy atom. The number of carboxylic acids is 1. The number of hydrogen-bond acceptors (Lipinski definition) is 4. The van der Waals surface area contributed by atoms with Crippen LogP contribution in [0.2, 0.25) is 0 Å². The summed E-state index contributed by atoms with van der Waals surface area (Å²) in [5.74, 6) is -0.778. The van der Waals surface area contributed by atoms with Crippen LogP contribution in [0.25, 0.3) is 0 Å². The number of hydrogen-bond donors (Lipinski definition) is 1. The number of thioether (sulfide) groups is 1. The predicted molar refractivity (Wildman–Crippen MR) is 61.7 cm³/mol. The highest BCUT2D eigenvalue weighted by molar-refractivity contribution is 7.99. The van der Waals surface area contributed by atoms with Crippen molar-refractivity contribution in [1.29, 1.82) is 0 Å². The lowest BCUT2D eigenvalue weighted by atomic mass is 10.4. The molecular weight excluding hydrogens is 228 g/mol. The van der Waals surface area contributed by atoms with E-state index in [0.717, 1.165) is 10.7 Å². The standard InChI is InChI=1S/C10H16N2O3S/c1-7(2)12-9(16-6-10(13)14)4-8(11-12)5-15-3/h4,7H,5-6H2,1-3H3,(H,13,14). The maximum absolute atomic E-state index is 10.5. The first kappa shape index (κ1) is 13.1. The van der Waals surface area contributed by atoms with E-state index < -0.39 is 5.97 Å². The molecule has 1 aromatic rings. The first-order chi connectivity index (χ1) is 7.54. The number of methoxy groups -OCH3 is 1. The summed E-state index contributed by atoms with van der Waals surface area (Å²) in [5, 5.41) is 13.9. The van der Waals surface area contributed by atoms with Gasteiger partial charge in [-0.1, -0.05) is 11.8 Å². The van der Waals surface area contributed by atoms with Crippen molar-refractivity contribution in [2.75, 3.05) is 12.9 Å². The molecule has 0 atom stereocenters. The van der Waals surface area contributed by atoms with Crippen LogP contribution in [0.3, 0.4) is 0 Å². The molecule has 1 aromatic heterocycles. The van der Waals surface area contributed by atoms with E-state index in [0.29, 0.717) is 6.61 Å². The van der Waals surface area contributed by atoms with Crippen LogP contribution in [0.1, 0.15) is 25.6 Å². The maximum Gasteiger partial charge on any atom is 0.313 e. The smallest absolute Gasteiger partial charge is 0.313 e. The van der Waals surface area contributed by atoms with Gasteiger partial charge in [0, 0.05) is 13.2 Å². The normalized spacial score (nSPS) is 11.0. The van der Waals surface area contributed by atoms with Gasteiger partial charge >= 0.3 is 5.97 Å². The van der Waals surface area contributed by atoms with Crippen LogP contribution in [0.4, 0.5) is 0 Å². The van der Waals surface area contributed by atoms with Gasteiger partial charge in [-0.2, -0.15) is 5.10 Å². The van der Waals surface area contributed by atoms with E-state index in [1.54, 1.807) is 7.11 Å². The number of nitrogens with zero attached hydrogens (tertiary/aromatic N) is 2. The largest absolute Gasteiger partial charge is 0.481 e. The molecule has 90 valence electrons. The third-order valence-corrected chi connectivity index (χ3v) is 2.87. The Morgan fingerprint density at radius 1 is 1.69 bits per heavy atom. The van der Waals surface area contributed by atoms with Crippen molar-refractivity contribution in [2.24, 2.45) is 0 Å². The predicted octanol–water partition coefficient (Wildman–Crippen LogP) is 1.79. The second kappa shape index (κ2) is 5.91. The Hall–Kier alpha value is -1.01. The van der Waals surface area contributed by atoms with Crippen LogP contribution >= 0.6 is 11.8 Å². The lowest BCUT2D eigenvalue weighted by Crippen LogP contribution is -2.06. The minimum Gasteiger partial charge on any atom is -0.481 e. The molecule has 0 unspecified atom stereocenters. The Morgan fingerprint density at radius 3 is 2.88 bits per heavy atom. The Labute approximate surface area is 98.8 Å². The average molecular weight is 244 g/mol. The van der Waals surface area contributed by atoms with E-state index >= 15 is 0 Å². The third kappa shape index (κ3) is 3.53. The monoisotopic (exact) mass is 244 g/mol. The van der Waals surface area contributed by atoms with Gasteiger partial charge in [-0.25, -0.2) is 0 Å². The van der Waals surface area contributed by atoms with Crippen molar-refractivity contribution >= 4 is 17.7 Å². The van der Waals surface area contributed by atoms with Gasteiger partial charge in [0.2, 0.25) is 0 Å². The SMILES string of the molecule is COCc1cc(SCC(=O)O)n(C(C)C)n1.